The van der Waals surface area contributed by atoms with Crippen LogP contribution in [0.3, 0.4) is 0 Å². The van der Waals surface area contributed by atoms with Crippen molar-refractivity contribution in [2.24, 2.45) is 0 Å². The van der Waals surface area contributed by atoms with Gasteiger partial charge >= 0.3 is 0 Å². The number of hydrogen-bond donors (Lipinski definition) is 0. The summed E-state index contributed by atoms with van der Waals surface area (Å²) in [5.41, 5.74) is 5.55. The van der Waals surface area contributed by atoms with E-state index in [0.717, 1.165) is 12.8 Å². The van der Waals surface area contributed by atoms with Gasteiger partial charge < -0.3 is 0 Å². The van der Waals surface area contributed by atoms with Crippen LogP contribution in [0.15, 0.2) is 40.7 Å². The van der Waals surface area contributed by atoms with Gasteiger partial charge in [0, 0.05) is 4.88 Å². The second-order valence-corrected chi connectivity index (χ2v) is 5.40. The second kappa shape index (κ2) is 4.19. The minimum absolute atomic E-state index is 1.15. The molecule has 3 rings (SSSR count). The van der Waals surface area contributed by atoms with E-state index in [1.807, 2.05) is 11.3 Å². The number of rotatable bonds is 0. The van der Waals surface area contributed by atoms with Gasteiger partial charge in [-0.3, -0.25) is 0 Å². The monoisotopic (exact) mass is 290 g/mol. The highest BCUT2D eigenvalue weighted by Gasteiger charge is 2.17. The lowest BCUT2D eigenvalue weighted by molar-refractivity contribution is 0.985. The van der Waals surface area contributed by atoms with Gasteiger partial charge in [-0.05, 0) is 51.5 Å². The molecule has 0 bridgehead atoms. The van der Waals surface area contributed by atoms with Gasteiger partial charge in [-0.2, -0.15) is 0 Å². The number of aryl methyl sites for hydroxylation is 2. The first kappa shape index (κ1) is 10.3. The van der Waals surface area contributed by atoms with Crippen molar-refractivity contribution in [3.63, 3.8) is 0 Å². The summed E-state index contributed by atoms with van der Waals surface area (Å²) in [7, 11) is 0. The Hall–Kier alpha value is -0.860. The Labute approximate surface area is 108 Å². The zero-order valence-electron chi connectivity index (χ0n) is 8.74. The summed E-state index contributed by atoms with van der Waals surface area (Å²) < 4.78 is 0. The molecule has 0 fully saturated rings. The van der Waals surface area contributed by atoms with Gasteiger partial charge in [-0.25, -0.2) is 0 Å². The summed E-state index contributed by atoms with van der Waals surface area (Å²) in [6.45, 7) is 0. The summed E-state index contributed by atoms with van der Waals surface area (Å²) in [6, 6.07) is 10.9. The lowest BCUT2D eigenvalue weighted by atomic mass is 9.98. The van der Waals surface area contributed by atoms with Crippen LogP contribution >= 0.6 is 27.3 Å². The molecule has 0 N–H and O–H groups in total. The standard InChI is InChI=1S/C14H11BrS/c15-9-13-11-4-2-1-3-10(11)5-6-14-12(13)7-8-16-14/h1-4,7-9H,5-6H2. The van der Waals surface area contributed by atoms with E-state index in [4.69, 9.17) is 0 Å². The molecule has 0 nitrogen and oxygen atoms in total. The molecule has 1 heterocycles. The summed E-state index contributed by atoms with van der Waals surface area (Å²) >= 11 is 5.38. The maximum atomic E-state index is 3.51. The van der Waals surface area contributed by atoms with Crippen LogP contribution in [0, 0.1) is 0 Å². The lowest BCUT2D eigenvalue weighted by Gasteiger charge is -2.07. The lowest BCUT2D eigenvalue weighted by Crippen LogP contribution is -1.90. The third-order valence-electron chi connectivity index (χ3n) is 3.07. The molecule has 1 aromatic carbocycles. The van der Waals surface area contributed by atoms with Crippen LogP contribution in [-0.2, 0) is 12.8 Å². The quantitative estimate of drug-likeness (QED) is 0.664. The number of hydrogen-bond acceptors (Lipinski definition) is 1. The van der Waals surface area contributed by atoms with Crippen molar-refractivity contribution in [1.82, 2.24) is 0 Å². The fourth-order valence-electron chi connectivity index (χ4n) is 2.29. The van der Waals surface area contributed by atoms with Crippen molar-refractivity contribution >= 4 is 32.8 Å². The highest BCUT2D eigenvalue weighted by molar-refractivity contribution is 9.11. The Kier molecular flexibility index (Phi) is 2.70. The Morgan fingerprint density at radius 2 is 1.94 bits per heavy atom. The molecule has 0 spiro atoms. The van der Waals surface area contributed by atoms with E-state index >= 15 is 0 Å². The zero-order chi connectivity index (χ0) is 11.0. The molecule has 2 aromatic rings. The number of thiophene rings is 1. The van der Waals surface area contributed by atoms with E-state index in [9.17, 15) is 0 Å². The zero-order valence-corrected chi connectivity index (χ0v) is 11.1. The van der Waals surface area contributed by atoms with Gasteiger partial charge in [-0.15, -0.1) is 11.3 Å². The van der Waals surface area contributed by atoms with Gasteiger partial charge in [0.2, 0.25) is 0 Å². The third kappa shape index (κ3) is 1.57. The minimum atomic E-state index is 1.15. The van der Waals surface area contributed by atoms with Gasteiger partial charge in [0.25, 0.3) is 0 Å². The molecule has 1 aliphatic rings. The van der Waals surface area contributed by atoms with Gasteiger partial charge in [0.15, 0.2) is 0 Å². The van der Waals surface area contributed by atoms with Gasteiger partial charge in [0.1, 0.15) is 0 Å². The largest absolute Gasteiger partial charge is 0.148 e. The first-order valence-electron chi connectivity index (χ1n) is 5.35. The molecule has 0 amide bonds. The maximum Gasteiger partial charge on any atom is 0.0127 e. The number of benzene rings is 1. The Morgan fingerprint density at radius 1 is 1.06 bits per heavy atom. The normalized spacial score (nSPS) is 16.7. The SMILES string of the molecule is BrC=C1c2ccccc2CCc2sccc21. The summed E-state index contributed by atoms with van der Waals surface area (Å²) in [4.78, 5) is 3.56. The average molecular weight is 291 g/mol. The Bertz CT molecular complexity index is 551. The topological polar surface area (TPSA) is 0 Å². The van der Waals surface area contributed by atoms with Crippen molar-refractivity contribution in [2.45, 2.75) is 12.8 Å². The van der Waals surface area contributed by atoms with Crippen LogP contribution in [0.5, 0.6) is 0 Å². The van der Waals surface area contributed by atoms with Crippen molar-refractivity contribution in [2.75, 3.05) is 0 Å². The van der Waals surface area contributed by atoms with E-state index in [1.165, 1.54) is 27.1 Å². The molecule has 0 saturated carbocycles. The highest BCUT2D eigenvalue weighted by atomic mass is 79.9. The summed E-state index contributed by atoms with van der Waals surface area (Å²) in [5.74, 6) is 0. The smallest absolute Gasteiger partial charge is 0.0127 e. The molecular weight excluding hydrogens is 280 g/mol. The Morgan fingerprint density at radius 3 is 2.81 bits per heavy atom. The van der Waals surface area contributed by atoms with Crippen molar-refractivity contribution in [1.29, 1.82) is 0 Å². The Balaban J connectivity index is 2.26. The highest BCUT2D eigenvalue weighted by Crippen LogP contribution is 2.36. The van der Waals surface area contributed by atoms with Crippen LogP contribution in [0.25, 0.3) is 5.57 Å². The second-order valence-electron chi connectivity index (χ2n) is 3.94. The molecule has 80 valence electrons. The molecule has 1 aliphatic carbocycles. The van der Waals surface area contributed by atoms with Crippen LogP contribution in [-0.4, -0.2) is 0 Å². The molecule has 0 radical (unpaired) electrons. The number of halogens is 1. The van der Waals surface area contributed by atoms with Crippen LogP contribution in [0.4, 0.5) is 0 Å². The first-order chi connectivity index (χ1) is 7.90. The third-order valence-corrected chi connectivity index (χ3v) is 4.51. The predicted molar refractivity (Wildman–Crippen MR) is 74.2 cm³/mol. The van der Waals surface area contributed by atoms with Crippen LogP contribution in [0.1, 0.15) is 21.6 Å². The maximum absolute atomic E-state index is 3.51. The molecule has 0 saturated heterocycles. The van der Waals surface area contributed by atoms with Crippen LogP contribution < -0.4 is 0 Å². The van der Waals surface area contributed by atoms with E-state index in [2.05, 4.69) is 56.6 Å². The average Bonchev–Trinajstić information content (AvgIpc) is 2.72. The minimum Gasteiger partial charge on any atom is -0.148 e. The predicted octanol–water partition coefficient (Wildman–Crippen LogP) is 4.63. The van der Waals surface area contributed by atoms with Crippen molar-refractivity contribution in [3.05, 3.63) is 62.3 Å². The van der Waals surface area contributed by atoms with Crippen molar-refractivity contribution < 1.29 is 0 Å². The van der Waals surface area contributed by atoms with E-state index in [1.54, 1.807) is 0 Å². The van der Waals surface area contributed by atoms with Gasteiger partial charge in [-0.1, -0.05) is 40.2 Å². The van der Waals surface area contributed by atoms with E-state index in [-0.39, 0.29) is 0 Å². The molecule has 2 heteroatoms. The van der Waals surface area contributed by atoms with E-state index < -0.39 is 0 Å². The van der Waals surface area contributed by atoms with Crippen molar-refractivity contribution in [3.8, 4) is 0 Å². The molecule has 0 atom stereocenters. The molecule has 16 heavy (non-hydrogen) atoms. The fourth-order valence-corrected chi connectivity index (χ4v) is 3.67. The fraction of sp³-hybridized carbons (Fsp3) is 0.143. The molecular formula is C14H11BrS. The molecule has 0 unspecified atom stereocenters. The number of fused-ring (bicyclic) bond motifs is 2. The summed E-state index contributed by atoms with van der Waals surface area (Å²) in [5, 5.41) is 2.19. The van der Waals surface area contributed by atoms with Crippen LogP contribution in [0.2, 0.25) is 0 Å². The molecule has 1 aromatic heterocycles. The first-order valence-corrected chi connectivity index (χ1v) is 7.15. The summed E-state index contributed by atoms with van der Waals surface area (Å²) in [6.07, 6.45) is 2.31. The van der Waals surface area contributed by atoms with Gasteiger partial charge in [0.05, 0.1) is 0 Å². The van der Waals surface area contributed by atoms with E-state index in [0.29, 0.717) is 0 Å². The molecule has 0 aliphatic heterocycles.